The number of halogens is 3. The SMILES string of the molecule is CC(=O)N1CCC2C(COC(=O)NCC(F)(F)F)=C(C(=O)O)N3C(=O)[C@@H]1[C@@H]23. The van der Waals surface area contributed by atoms with E-state index in [0.29, 0.717) is 6.42 Å². The molecule has 0 spiro atoms. The predicted molar refractivity (Wildman–Crippen MR) is 80.0 cm³/mol. The highest BCUT2D eigenvalue weighted by Gasteiger charge is 2.64. The highest BCUT2D eigenvalue weighted by atomic mass is 19.4. The molecule has 3 amide bonds. The number of carboxylic acid groups (broad SMARTS) is 1. The largest absolute Gasteiger partial charge is 0.477 e. The number of nitrogens with zero attached hydrogens (tertiary/aromatic N) is 2. The van der Waals surface area contributed by atoms with Gasteiger partial charge in [-0.25, -0.2) is 9.59 Å². The first-order valence-electron chi connectivity index (χ1n) is 8.07. The van der Waals surface area contributed by atoms with Crippen molar-refractivity contribution in [2.45, 2.75) is 31.6 Å². The number of carboxylic acids is 1. The zero-order chi connectivity index (χ0) is 20.1. The van der Waals surface area contributed by atoms with Gasteiger partial charge in [-0.05, 0) is 6.42 Å². The molecule has 0 aliphatic carbocycles. The monoisotopic (exact) mass is 391 g/mol. The maximum atomic E-state index is 12.4. The fourth-order valence-electron chi connectivity index (χ4n) is 3.91. The number of β-lactam (4-membered cyclic amide) rings is 1. The van der Waals surface area contributed by atoms with Crippen LogP contribution in [0, 0.1) is 5.92 Å². The van der Waals surface area contributed by atoms with Gasteiger partial charge >= 0.3 is 18.2 Å². The summed E-state index contributed by atoms with van der Waals surface area (Å²) in [6, 6.07) is -1.33. The van der Waals surface area contributed by atoms with Crippen LogP contribution in [0.3, 0.4) is 0 Å². The normalized spacial score (nSPS) is 26.5. The van der Waals surface area contributed by atoms with Crippen molar-refractivity contribution in [1.82, 2.24) is 15.1 Å². The number of alkyl halides is 3. The fraction of sp³-hybridized carbons (Fsp3) is 0.600. The Kier molecular flexibility index (Phi) is 4.52. The summed E-state index contributed by atoms with van der Waals surface area (Å²) in [5.74, 6) is -2.68. The average Bonchev–Trinajstić information content (AvgIpc) is 2.89. The molecule has 2 saturated heterocycles. The molecule has 0 aromatic rings. The van der Waals surface area contributed by atoms with Crippen LogP contribution in [0.2, 0.25) is 0 Å². The van der Waals surface area contributed by atoms with E-state index in [2.05, 4.69) is 0 Å². The van der Waals surface area contributed by atoms with Crippen LogP contribution in [-0.2, 0) is 19.1 Å². The van der Waals surface area contributed by atoms with Crippen molar-refractivity contribution in [2.24, 2.45) is 5.92 Å². The van der Waals surface area contributed by atoms with Crippen molar-refractivity contribution in [1.29, 1.82) is 0 Å². The molecule has 3 aliphatic heterocycles. The van der Waals surface area contributed by atoms with Gasteiger partial charge < -0.3 is 20.1 Å². The number of carbonyl (C=O) groups is 4. The highest BCUT2D eigenvalue weighted by Crippen LogP contribution is 2.48. The van der Waals surface area contributed by atoms with Gasteiger partial charge in [-0.15, -0.1) is 0 Å². The first-order chi connectivity index (χ1) is 12.5. The number of hydrogen-bond donors (Lipinski definition) is 2. The molecular formula is C15H16F3N3O6. The number of aliphatic carboxylic acids is 1. The summed E-state index contributed by atoms with van der Waals surface area (Å²) in [6.07, 6.45) is -5.60. The smallest absolute Gasteiger partial charge is 0.407 e. The number of carbonyl (C=O) groups excluding carboxylic acids is 3. The summed E-state index contributed by atoms with van der Waals surface area (Å²) in [5, 5.41) is 11.0. The topological polar surface area (TPSA) is 116 Å². The summed E-state index contributed by atoms with van der Waals surface area (Å²) in [5.41, 5.74) is -0.172. The van der Waals surface area contributed by atoms with Crippen molar-refractivity contribution in [3.8, 4) is 0 Å². The lowest BCUT2D eigenvalue weighted by Gasteiger charge is -2.53. The molecule has 0 saturated carbocycles. The zero-order valence-corrected chi connectivity index (χ0v) is 14.1. The van der Waals surface area contributed by atoms with Crippen LogP contribution in [0.15, 0.2) is 11.3 Å². The third-order valence-corrected chi connectivity index (χ3v) is 4.93. The van der Waals surface area contributed by atoms with E-state index in [1.807, 2.05) is 0 Å². The van der Waals surface area contributed by atoms with Crippen LogP contribution in [-0.4, -0.2) is 76.7 Å². The minimum Gasteiger partial charge on any atom is -0.477 e. The van der Waals surface area contributed by atoms with E-state index >= 15 is 0 Å². The van der Waals surface area contributed by atoms with E-state index in [0.717, 1.165) is 4.90 Å². The Bertz CT molecular complexity index is 750. The first-order valence-corrected chi connectivity index (χ1v) is 8.07. The Balaban J connectivity index is 1.75. The molecule has 3 heterocycles. The minimum absolute atomic E-state index is 0.161. The Morgan fingerprint density at radius 1 is 1.33 bits per heavy atom. The van der Waals surface area contributed by atoms with Gasteiger partial charge in [0.1, 0.15) is 24.9 Å². The van der Waals surface area contributed by atoms with Crippen LogP contribution in [0.1, 0.15) is 13.3 Å². The average molecular weight is 391 g/mol. The molecule has 0 aromatic carbocycles. The number of alkyl carbamates (subject to hydrolysis) is 1. The Morgan fingerprint density at radius 3 is 2.56 bits per heavy atom. The number of piperidine rings is 1. The van der Waals surface area contributed by atoms with Gasteiger partial charge in [-0.1, -0.05) is 0 Å². The molecule has 0 bridgehead atoms. The number of nitrogens with one attached hydrogen (secondary N) is 1. The van der Waals surface area contributed by atoms with Crippen molar-refractivity contribution in [3.63, 3.8) is 0 Å². The van der Waals surface area contributed by atoms with E-state index in [-0.39, 0.29) is 23.7 Å². The van der Waals surface area contributed by atoms with Crippen LogP contribution in [0.25, 0.3) is 0 Å². The van der Waals surface area contributed by atoms with Crippen LogP contribution >= 0.6 is 0 Å². The molecule has 2 fully saturated rings. The van der Waals surface area contributed by atoms with Crippen molar-refractivity contribution in [3.05, 3.63) is 11.3 Å². The second-order valence-electron chi connectivity index (χ2n) is 6.48. The molecule has 12 heteroatoms. The number of rotatable bonds is 4. The number of ether oxygens (including phenoxy) is 1. The van der Waals surface area contributed by atoms with Crippen molar-refractivity contribution >= 4 is 23.9 Å². The minimum atomic E-state index is -4.61. The Hall–Kier alpha value is -2.79. The van der Waals surface area contributed by atoms with Crippen molar-refractivity contribution in [2.75, 3.05) is 19.7 Å². The van der Waals surface area contributed by atoms with Crippen LogP contribution in [0.5, 0.6) is 0 Å². The second-order valence-corrected chi connectivity index (χ2v) is 6.48. The molecule has 27 heavy (non-hydrogen) atoms. The van der Waals surface area contributed by atoms with Gasteiger partial charge in [-0.2, -0.15) is 13.2 Å². The summed E-state index contributed by atoms with van der Waals surface area (Å²) >= 11 is 0. The van der Waals surface area contributed by atoms with Gasteiger partial charge in [0.2, 0.25) is 5.91 Å². The lowest BCUT2D eigenvalue weighted by Crippen LogP contribution is -2.73. The summed E-state index contributed by atoms with van der Waals surface area (Å²) < 4.78 is 41.1. The lowest BCUT2D eigenvalue weighted by molar-refractivity contribution is -0.168. The van der Waals surface area contributed by atoms with Crippen LogP contribution in [0.4, 0.5) is 18.0 Å². The molecule has 2 N–H and O–H groups in total. The maximum absolute atomic E-state index is 12.4. The molecular weight excluding hydrogens is 375 g/mol. The second kappa shape index (κ2) is 6.43. The summed E-state index contributed by atoms with van der Waals surface area (Å²) in [6.45, 7) is -0.588. The molecule has 3 atom stereocenters. The standard InChI is InChI=1S/C15H16F3N3O6/c1-6(22)20-3-2-7-8(4-27-14(26)19-5-15(16,17)18)10(13(24)25)21-9(7)11(20)12(21)23/h7,9,11H,2-5H2,1H3,(H,19,26)(H,24,25)/t7?,9-,11+/m1/s1. The third kappa shape index (κ3) is 3.19. The highest BCUT2D eigenvalue weighted by molar-refractivity contribution is 6.03. The van der Waals surface area contributed by atoms with Gasteiger partial charge in [0.15, 0.2) is 0 Å². The van der Waals surface area contributed by atoms with Gasteiger partial charge in [-0.3, -0.25) is 14.5 Å². The predicted octanol–water partition coefficient (Wildman–Crippen LogP) is 0.0750. The summed E-state index contributed by atoms with van der Waals surface area (Å²) in [7, 11) is 0. The molecule has 3 rings (SSSR count). The molecule has 9 nitrogen and oxygen atoms in total. The number of amides is 3. The maximum Gasteiger partial charge on any atom is 0.407 e. The van der Waals surface area contributed by atoms with Gasteiger partial charge in [0.25, 0.3) is 5.91 Å². The van der Waals surface area contributed by atoms with E-state index < -0.39 is 55.3 Å². The van der Waals surface area contributed by atoms with Gasteiger partial charge in [0, 0.05) is 25.0 Å². The third-order valence-electron chi connectivity index (χ3n) is 4.93. The van der Waals surface area contributed by atoms with Crippen molar-refractivity contribution < 1.29 is 42.2 Å². The molecule has 1 unspecified atom stereocenters. The van der Waals surface area contributed by atoms with E-state index in [1.54, 1.807) is 0 Å². The van der Waals surface area contributed by atoms with E-state index in [1.165, 1.54) is 17.1 Å². The number of hydrogen-bond acceptors (Lipinski definition) is 5. The fourth-order valence-corrected chi connectivity index (χ4v) is 3.91. The quantitative estimate of drug-likeness (QED) is 0.656. The molecule has 0 radical (unpaired) electrons. The van der Waals surface area contributed by atoms with E-state index in [4.69, 9.17) is 4.74 Å². The first kappa shape index (κ1) is 19.0. The van der Waals surface area contributed by atoms with Crippen LogP contribution < -0.4 is 5.32 Å². The van der Waals surface area contributed by atoms with E-state index in [9.17, 15) is 37.5 Å². The number of likely N-dealkylation sites (tertiary alicyclic amines) is 1. The molecule has 0 aromatic heterocycles. The zero-order valence-electron chi connectivity index (χ0n) is 14.1. The molecule has 3 aliphatic rings. The van der Waals surface area contributed by atoms with Gasteiger partial charge in [0.05, 0.1) is 6.04 Å². The Morgan fingerprint density at radius 2 is 2.00 bits per heavy atom. The Labute approximate surface area is 150 Å². The molecule has 148 valence electrons. The summed E-state index contributed by atoms with van der Waals surface area (Å²) in [4.78, 5) is 49.6. The lowest BCUT2D eigenvalue weighted by atomic mass is 9.78.